The molecule has 0 aliphatic rings. The number of hydrogen-bond donors (Lipinski definition) is 25. The number of carboxylic acid groups (broad SMARTS) is 4. The van der Waals surface area contributed by atoms with Gasteiger partial charge in [-0.25, -0.2) is 4.79 Å². The van der Waals surface area contributed by atoms with Crippen molar-refractivity contribution in [3.63, 3.8) is 0 Å². The van der Waals surface area contributed by atoms with Gasteiger partial charge in [0.15, 0.2) is 17.9 Å². The molecule has 0 saturated heterocycles. The number of hydrogen-bond acceptors (Lipinski definition) is 22. The van der Waals surface area contributed by atoms with Crippen LogP contribution in [-0.4, -0.2) is 243 Å². The lowest BCUT2D eigenvalue weighted by molar-refractivity contribution is -0.143. The highest BCUT2D eigenvalue weighted by Gasteiger charge is 2.38. The average Bonchev–Trinajstić information content (AvgIpc) is 0.853. The van der Waals surface area contributed by atoms with Crippen molar-refractivity contribution in [2.75, 3.05) is 32.7 Å². The molecule has 0 spiro atoms. The summed E-state index contributed by atoms with van der Waals surface area (Å²) in [6, 6.07) is -18.2. The monoisotopic (exact) mass is 1430 g/mol. The van der Waals surface area contributed by atoms with Crippen LogP contribution in [-0.2, 0) is 67.1 Å². The Morgan fingerprint density at radius 3 is 0.840 bits per heavy atom. The second-order valence-electron chi connectivity index (χ2n) is 23.8. The number of unbranched alkanes of at least 4 members (excludes halogenated alkanes) is 2. The van der Waals surface area contributed by atoms with Gasteiger partial charge in [-0.2, -0.15) is 0 Å². The van der Waals surface area contributed by atoms with Crippen LogP contribution in [0.3, 0.4) is 0 Å². The molecule has 0 unspecified atom stereocenters. The Morgan fingerprint density at radius 2 is 0.570 bits per heavy atom. The average molecular weight is 1430 g/mol. The molecule has 0 fully saturated rings. The maximum Gasteiger partial charge on any atom is 0.326 e. The van der Waals surface area contributed by atoms with Crippen LogP contribution >= 0.6 is 0 Å². The van der Waals surface area contributed by atoms with Gasteiger partial charge in [-0.3, -0.25) is 77.3 Å². The molecule has 34 N–H and O–H groups in total. The molecule has 0 aliphatic carbocycles. The molecule has 42 heteroatoms. The number of nitrogens with zero attached hydrogens (tertiary/aromatic N) is 3. The molecule has 0 aromatic heterocycles. The number of nitrogens with two attached hydrogens (primary N) is 9. The van der Waals surface area contributed by atoms with Crippen molar-refractivity contribution in [1.82, 2.24) is 53.2 Å². The fraction of sp³-hybridized carbons (Fsp3) is 0.707. The molecular weight excluding hydrogens is 1320 g/mol. The quantitative estimate of drug-likeness (QED) is 0.0153. The molecule has 0 bridgehead atoms. The van der Waals surface area contributed by atoms with Gasteiger partial charge in [0.2, 0.25) is 59.1 Å². The number of rotatable bonds is 53. The summed E-state index contributed by atoms with van der Waals surface area (Å²) >= 11 is 0. The molecular formula is C58H106N22O20. The van der Waals surface area contributed by atoms with E-state index in [9.17, 15) is 97.8 Å². The van der Waals surface area contributed by atoms with E-state index in [1.165, 1.54) is 20.8 Å². The molecule has 0 saturated carbocycles. The number of nitrogens with one attached hydrogen (secondary N) is 10. The van der Waals surface area contributed by atoms with Crippen LogP contribution in [0.15, 0.2) is 15.0 Å². The topological polar surface area (TPSA) is 752 Å². The predicted octanol–water partition coefficient (Wildman–Crippen LogP) is -9.32. The van der Waals surface area contributed by atoms with Crippen LogP contribution in [0.4, 0.5) is 0 Å². The summed E-state index contributed by atoms with van der Waals surface area (Å²) < 4.78 is 0. The molecule has 100 heavy (non-hydrogen) atoms. The normalized spacial score (nSPS) is 14.9. The minimum Gasteiger partial charge on any atom is -0.481 e. The molecule has 42 nitrogen and oxygen atoms in total. The Labute approximate surface area is 577 Å². The Balaban J connectivity index is 7.39. The largest absolute Gasteiger partial charge is 0.481 e. The van der Waals surface area contributed by atoms with Crippen molar-refractivity contribution in [2.24, 2.45) is 72.5 Å². The lowest BCUT2D eigenvalue weighted by Gasteiger charge is -2.30. The summed E-state index contributed by atoms with van der Waals surface area (Å²) in [5, 5.41) is 83.2. The molecule has 568 valence electrons. The van der Waals surface area contributed by atoms with Gasteiger partial charge in [0, 0.05) is 38.9 Å². The summed E-state index contributed by atoms with van der Waals surface area (Å²) in [6.07, 6.45) is -7.10. The highest BCUT2D eigenvalue weighted by Crippen LogP contribution is 2.13. The molecule has 0 aromatic carbocycles. The maximum absolute atomic E-state index is 14.6. The first-order valence-electron chi connectivity index (χ1n) is 32.5. The van der Waals surface area contributed by atoms with E-state index in [4.69, 9.17) is 51.6 Å². The Hall–Kier alpha value is -9.81. The number of guanidine groups is 3. The van der Waals surface area contributed by atoms with E-state index in [2.05, 4.69) is 68.1 Å². The third-order valence-corrected chi connectivity index (χ3v) is 14.8. The van der Waals surface area contributed by atoms with E-state index in [0.717, 1.165) is 6.92 Å². The number of aliphatic imine (C=N–C) groups is 3. The fourth-order valence-electron chi connectivity index (χ4n) is 9.26. The van der Waals surface area contributed by atoms with E-state index in [-0.39, 0.29) is 115 Å². The zero-order valence-corrected chi connectivity index (χ0v) is 56.8. The second-order valence-corrected chi connectivity index (χ2v) is 23.8. The maximum atomic E-state index is 14.6. The number of amides is 10. The Bertz CT molecular complexity index is 2800. The van der Waals surface area contributed by atoms with Crippen molar-refractivity contribution in [2.45, 2.75) is 222 Å². The molecule has 10 amide bonds. The number of aliphatic hydroxyl groups is 2. The highest BCUT2D eigenvalue weighted by molar-refractivity contribution is 5.99. The van der Waals surface area contributed by atoms with E-state index >= 15 is 0 Å². The van der Waals surface area contributed by atoms with E-state index in [0.29, 0.717) is 12.8 Å². The van der Waals surface area contributed by atoms with Crippen molar-refractivity contribution in [3.8, 4) is 0 Å². The molecule has 0 aromatic rings. The molecule has 0 aliphatic heterocycles. The Kier molecular flexibility index (Phi) is 44.0. The first kappa shape index (κ1) is 90.2. The van der Waals surface area contributed by atoms with Crippen LogP contribution in [0.5, 0.6) is 0 Å². The van der Waals surface area contributed by atoms with Crippen LogP contribution < -0.4 is 105 Å². The summed E-state index contributed by atoms with van der Waals surface area (Å²) in [5.74, 6) is -18.6. The van der Waals surface area contributed by atoms with Crippen molar-refractivity contribution in [3.05, 3.63) is 0 Å². The summed E-state index contributed by atoms with van der Waals surface area (Å²) in [6.45, 7) is 5.13. The molecule has 13 atom stereocenters. The second kappa shape index (κ2) is 48.8. The lowest BCUT2D eigenvalue weighted by Crippen LogP contribution is -2.62. The van der Waals surface area contributed by atoms with Gasteiger partial charge in [-0.15, -0.1) is 0 Å². The predicted molar refractivity (Wildman–Crippen MR) is 359 cm³/mol. The number of aliphatic hydroxyl groups excluding tert-OH is 2. The van der Waals surface area contributed by atoms with Crippen molar-refractivity contribution in [1.29, 1.82) is 0 Å². The third-order valence-electron chi connectivity index (χ3n) is 14.8. The molecule has 0 radical (unpaired) electrons. The zero-order chi connectivity index (χ0) is 76.4. The van der Waals surface area contributed by atoms with Gasteiger partial charge in [-0.1, -0.05) is 13.8 Å². The first-order valence-corrected chi connectivity index (χ1v) is 32.5. The van der Waals surface area contributed by atoms with Gasteiger partial charge in [-0.05, 0) is 129 Å². The third kappa shape index (κ3) is 38.4. The van der Waals surface area contributed by atoms with Gasteiger partial charge < -0.3 is 135 Å². The van der Waals surface area contributed by atoms with Crippen molar-refractivity contribution < 1.29 is 97.8 Å². The zero-order valence-electron chi connectivity index (χ0n) is 56.8. The van der Waals surface area contributed by atoms with Crippen LogP contribution in [0.25, 0.3) is 0 Å². The van der Waals surface area contributed by atoms with E-state index in [1.54, 1.807) is 0 Å². The van der Waals surface area contributed by atoms with Crippen LogP contribution in [0.1, 0.15) is 143 Å². The summed E-state index contributed by atoms with van der Waals surface area (Å²) in [4.78, 5) is 199. The lowest BCUT2D eigenvalue weighted by atomic mass is 10.0. The molecule has 0 rings (SSSR count). The Morgan fingerprint density at radius 1 is 0.320 bits per heavy atom. The molecule has 0 heterocycles. The number of aliphatic carboxylic acids is 4. The highest BCUT2D eigenvalue weighted by atomic mass is 16.4. The van der Waals surface area contributed by atoms with E-state index < -0.39 is 206 Å². The van der Waals surface area contributed by atoms with Gasteiger partial charge >= 0.3 is 23.9 Å². The van der Waals surface area contributed by atoms with Gasteiger partial charge in [0.05, 0.1) is 12.2 Å². The van der Waals surface area contributed by atoms with Crippen LogP contribution in [0.2, 0.25) is 0 Å². The number of carboxylic acids is 4. The van der Waals surface area contributed by atoms with Crippen molar-refractivity contribution >= 4 is 101 Å². The number of carbonyl (C=O) groups excluding carboxylic acids is 10. The summed E-state index contributed by atoms with van der Waals surface area (Å²) in [7, 11) is 0. The minimum absolute atomic E-state index is 0.0125. The summed E-state index contributed by atoms with van der Waals surface area (Å²) in [5.41, 5.74) is 50.0. The number of carbonyl (C=O) groups is 14. The standard InChI is InChI=1S/C58H106N22O20/c1-28(2)43(53(97)77-36(18-21-40(85)86)50(94)78-38(55(99)100)16-11-27-70-58(66)67)79-54(98)44(30(4)82)80-51(95)37(19-22-41(87)88)75-48(92)34(15-10-26-69-57(64)65)74-47(91)33(14-9-25-68-56(62)63)73-46(90)31(12-5-7-23-59)71-45(89)32(13-6-8-24-60)72-49(93)35(17-20-39(83)84)76-52(96)42(61)29(3)81/h28-38,42-44,81-82H,5-27,59-61H2,1-4H3,(H,71,89)(H,72,93)(H,73,90)(H,74,91)(H,75,92)(H,76,96)(H,77,97)(H,78,94)(H,79,98)(H,80,95)(H,83,84)(H,85,86)(H,87,88)(H,99,100)(H4,62,63,68)(H4,64,65,69)(H4,66,67,70)/t29-,30-,31+,32+,33+,34+,35+,36+,37+,38+,42+,43+,44+/m1/s1. The van der Waals surface area contributed by atoms with Crippen LogP contribution in [0, 0.1) is 5.92 Å². The fourth-order valence-corrected chi connectivity index (χ4v) is 9.26. The first-order chi connectivity index (χ1) is 46.9. The SMILES string of the molecule is CC(C)[C@H](NC(=O)[C@@H](NC(=O)[C@H](CCC(=O)O)NC(=O)[C@H](CCCN=C(N)N)NC(=O)[C@H](CCCN=C(N)N)NC(=O)[C@H](CCCCN)NC(=O)[C@H](CCCCN)NC(=O)[C@H](CCC(=O)O)NC(=O)[C@@H](N)[C@@H](C)O)[C@@H](C)O)C(=O)N[C@@H](CCC(=O)O)C(=O)N[C@@H](CCCN=C(N)N)C(=O)O. The van der Waals surface area contributed by atoms with Gasteiger partial charge in [0.25, 0.3) is 0 Å². The van der Waals surface area contributed by atoms with Gasteiger partial charge in [0.1, 0.15) is 66.5 Å². The smallest absolute Gasteiger partial charge is 0.326 e. The minimum atomic E-state index is -2.00. The van der Waals surface area contributed by atoms with E-state index in [1.807, 2.05) is 0 Å².